The molecule has 2 unspecified atom stereocenters. The lowest BCUT2D eigenvalue weighted by Crippen LogP contribution is -2.52. The maximum absolute atomic E-state index is 11.9. The number of rotatable bonds is 4. The SMILES string of the molecule is CCCN1C(=O)COC(C(=O)O)C1c1occc1C. The molecule has 1 N–H and O–H groups in total. The number of aryl methyl sites for hydroxylation is 1. The maximum Gasteiger partial charge on any atom is 0.335 e. The summed E-state index contributed by atoms with van der Waals surface area (Å²) in [4.78, 5) is 24.8. The number of hydrogen-bond acceptors (Lipinski definition) is 4. The molecule has 0 aliphatic carbocycles. The van der Waals surface area contributed by atoms with Crippen LogP contribution in [0, 0.1) is 6.92 Å². The summed E-state index contributed by atoms with van der Waals surface area (Å²) in [6.07, 6.45) is 1.15. The molecule has 0 saturated carbocycles. The Labute approximate surface area is 110 Å². The predicted molar refractivity (Wildman–Crippen MR) is 65.6 cm³/mol. The molecule has 0 aromatic carbocycles. The number of amides is 1. The van der Waals surface area contributed by atoms with Crippen LogP contribution < -0.4 is 0 Å². The first-order valence-corrected chi connectivity index (χ1v) is 6.24. The minimum Gasteiger partial charge on any atom is -0.479 e. The summed E-state index contributed by atoms with van der Waals surface area (Å²) >= 11 is 0. The van der Waals surface area contributed by atoms with Gasteiger partial charge >= 0.3 is 5.97 Å². The minimum absolute atomic E-state index is 0.201. The van der Waals surface area contributed by atoms with Crippen LogP contribution in [0.15, 0.2) is 16.7 Å². The molecule has 2 atom stereocenters. The summed E-state index contributed by atoms with van der Waals surface area (Å²) in [7, 11) is 0. The molecule has 0 spiro atoms. The van der Waals surface area contributed by atoms with E-state index in [2.05, 4.69) is 0 Å². The van der Waals surface area contributed by atoms with Crippen molar-refractivity contribution in [2.24, 2.45) is 0 Å². The van der Waals surface area contributed by atoms with Gasteiger partial charge in [0, 0.05) is 6.54 Å². The van der Waals surface area contributed by atoms with E-state index in [1.54, 1.807) is 6.07 Å². The summed E-state index contributed by atoms with van der Waals surface area (Å²) in [6, 6.07) is 1.05. The van der Waals surface area contributed by atoms with Gasteiger partial charge in [0.05, 0.1) is 6.26 Å². The Morgan fingerprint density at radius 3 is 2.84 bits per heavy atom. The van der Waals surface area contributed by atoms with Crippen molar-refractivity contribution in [1.29, 1.82) is 0 Å². The smallest absolute Gasteiger partial charge is 0.335 e. The number of hydrogen-bond donors (Lipinski definition) is 1. The second-order valence-electron chi connectivity index (χ2n) is 4.57. The van der Waals surface area contributed by atoms with Crippen molar-refractivity contribution in [3.8, 4) is 0 Å². The van der Waals surface area contributed by atoms with Crippen LogP contribution in [0.2, 0.25) is 0 Å². The normalized spacial score (nSPS) is 23.7. The lowest BCUT2D eigenvalue weighted by molar-refractivity contribution is -0.174. The Hall–Kier alpha value is -1.82. The number of morpholine rings is 1. The number of carboxylic acids is 1. The van der Waals surface area contributed by atoms with Crippen LogP contribution in [0.5, 0.6) is 0 Å². The third-order valence-corrected chi connectivity index (χ3v) is 3.21. The average molecular weight is 267 g/mol. The third-order valence-electron chi connectivity index (χ3n) is 3.21. The molecule has 1 fully saturated rings. The van der Waals surface area contributed by atoms with Crippen molar-refractivity contribution in [2.75, 3.05) is 13.2 Å². The zero-order valence-electron chi connectivity index (χ0n) is 11.0. The Kier molecular flexibility index (Phi) is 3.90. The van der Waals surface area contributed by atoms with E-state index < -0.39 is 18.1 Å². The van der Waals surface area contributed by atoms with Crippen LogP contribution in [0.3, 0.4) is 0 Å². The fraction of sp³-hybridized carbons (Fsp3) is 0.538. The van der Waals surface area contributed by atoms with Crippen LogP contribution in [-0.2, 0) is 14.3 Å². The largest absolute Gasteiger partial charge is 0.479 e. The van der Waals surface area contributed by atoms with E-state index >= 15 is 0 Å². The number of aliphatic carboxylic acids is 1. The molecule has 1 aliphatic rings. The Bertz CT molecular complexity index is 481. The van der Waals surface area contributed by atoms with Gasteiger partial charge in [-0.2, -0.15) is 0 Å². The minimum atomic E-state index is -1.09. The van der Waals surface area contributed by atoms with Crippen LogP contribution in [-0.4, -0.2) is 41.1 Å². The third kappa shape index (κ3) is 2.49. The van der Waals surface area contributed by atoms with Gasteiger partial charge in [0.15, 0.2) is 6.10 Å². The number of carbonyl (C=O) groups excluding carboxylic acids is 1. The summed E-state index contributed by atoms with van der Waals surface area (Å²) in [6.45, 7) is 4.04. The van der Waals surface area contributed by atoms with Gasteiger partial charge in [-0.1, -0.05) is 6.92 Å². The molecule has 6 nitrogen and oxygen atoms in total. The van der Waals surface area contributed by atoms with Gasteiger partial charge in [-0.15, -0.1) is 0 Å². The van der Waals surface area contributed by atoms with Gasteiger partial charge in [-0.3, -0.25) is 4.79 Å². The molecule has 2 rings (SSSR count). The Morgan fingerprint density at radius 1 is 1.58 bits per heavy atom. The van der Waals surface area contributed by atoms with Gasteiger partial charge < -0.3 is 19.2 Å². The molecule has 104 valence electrons. The van der Waals surface area contributed by atoms with Crippen molar-refractivity contribution in [3.05, 3.63) is 23.7 Å². The summed E-state index contributed by atoms with van der Waals surface area (Å²) in [5, 5.41) is 9.27. The first kappa shape index (κ1) is 13.6. The van der Waals surface area contributed by atoms with Gasteiger partial charge in [0.1, 0.15) is 18.4 Å². The fourth-order valence-electron chi connectivity index (χ4n) is 2.33. The molecule has 1 aromatic heterocycles. The van der Waals surface area contributed by atoms with Crippen molar-refractivity contribution in [1.82, 2.24) is 4.90 Å². The van der Waals surface area contributed by atoms with E-state index in [1.165, 1.54) is 11.2 Å². The molecule has 2 heterocycles. The van der Waals surface area contributed by atoms with Crippen LogP contribution in [0.25, 0.3) is 0 Å². The standard InChI is InChI=1S/C13H17NO5/c1-3-5-14-9(15)7-19-12(13(16)17)10(14)11-8(2)4-6-18-11/h4,6,10,12H,3,5,7H2,1-2H3,(H,16,17). The summed E-state index contributed by atoms with van der Waals surface area (Å²) in [5.41, 5.74) is 0.815. The summed E-state index contributed by atoms with van der Waals surface area (Å²) < 4.78 is 10.5. The lowest BCUT2D eigenvalue weighted by atomic mass is 10.0. The zero-order valence-corrected chi connectivity index (χ0v) is 11.0. The molecular weight excluding hydrogens is 250 g/mol. The number of ether oxygens (including phenoxy) is 1. The lowest BCUT2D eigenvalue weighted by Gasteiger charge is -2.38. The molecule has 19 heavy (non-hydrogen) atoms. The van der Waals surface area contributed by atoms with Gasteiger partial charge in [0.2, 0.25) is 5.91 Å². The van der Waals surface area contributed by atoms with Gasteiger partial charge in [-0.05, 0) is 25.0 Å². The maximum atomic E-state index is 11.9. The van der Waals surface area contributed by atoms with Crippen LogP contribution in [0.4, 0.5) is 0 Å². The van der Waals surface area contributed by atoms with E-state index in [-0.39, 0.29) is 12.5 Å². The van der Waals surface area contributed by atoms with Gasteiger partial charge in [0.25, 0.3) is 0 Å². The number of carbonyl (C=O) groups is 2. The second-order valence-corrected chi connectivity index (χ2v) is 4.57. The second kappa shape index (κ2) is 5.44. The van der Waals surface area contributed by atoms with E-state index in [1.807, 2.05) is 13.8 Å². The molecule has 1 aliphatic heterocycles. The highest BCUT2D eigenvalue weighted by Crippen LogP contribution is 2.33. The van der Waals surface area contributed by atoms with Gasteiger partial charge in [-0.25, -0.2) is 4.79 Å². The monoisotopic (exact) mass is 267 g/mol. The molecule has 0 radical (unpaired) electrons. The highest BCUT2D eigenvalue weighted by Gasteiger charge is 2.43. The first-order chi connectivity index (χ1) is 9.06. The van der Waals surface area contributed by atoms with Crippen molar-refractivity contribution >= 4 is 11.9 Å². The highest BCUT2D eigenvalue weighted by atomic mass is 16.5. The topological polar surface area (TPSA) is 80.0 Å². The molecule has 6 heteroatoms. The van der Waals surface area contributed by atoms with Crippen LogP contribution >= 0.6 is 0 Å². The molecule has 0 bridgehead atoms. The highest BCUT2D eigenvalue weighted by molar-refractivity contribution is 5.82. The fourth-order valence-corrected chi connectivity index (χ4v) is 2.33. The molecular formula is C13H17NO5. The van der Waals surface area contributed by atoms with Crippen LogP contribution in [0.1, 0.15) is 30.7 Å². The number of carboxylic acid groups (broad SMARTS) is 1. The molecule has 1 amide bonds. The quantitative estimate of drug-likeness (QED) is 0.890. The predicted octanol–water partition coefficient (Wildman–Crippen LogP) is 1.35. The number of furan rings is 1. The summed E-state index contributed by atoms with van der Waals surface area (Å²) in [5.74, 6) is -0.816. The van der Waals surface area contributed by atoms with Crippen molar-refractivity contribution < 1.29 is 23.8 Å². The number of nitrogens with zero attached hydrogens (tertiary/aromatic N) is 1. The Morgan fingerprint density at radius 2 is 2.32 bits per heavy atom. The van der Waals surface area contributed by atoms with E-state index in [4.69, 9.17) is 9.15 Å². The first-order valence-electron chi connectivity index (χ1n) is 6.24. The van der Waals surface area contributed by atoms with Crippen molar-refractivity contribution in [2.45, 2.75) is 32.4 Å². The average Bonchev–Trinajstić information content (AvgIpc) is 2.77. The van der Waals surface area contributed by atoms with E-state index in [9.17, 15) is 14.7 Å². The zero-order chi connectivity index (χ0) is 14.0. The van der Waals surface area contributed by atoms with E-state index in [0.29, 0.717) is 12.3 Å². The van der Waals surface area contributed by atoms with Crippen molar-refractivity contribution in [3.63, 3.8) is 0 Å². The van der Waals surface area contributed by atoms with E-state index in [0.717, 1.165) is 12.0 Å². The molecule has 1 saturated heterocycles. The molecule has 1 aromatic rings. The Balaban J connectivity index is 2.41.